The molecule has 2 aliphatic rings. The number of phenolic OH excluding ortho intramolecular Hbond substituents is 3. The van der Waals surface area contributed by atoms with Crippen molar-refractivity contribution >= 4 is 5.57 Å². The molecule has 0 heterocycles. The third-order valence-electron chi connectivity index (χ3n) is 7.29. The Balaban J connectivity index is 1.75. The van der Waals surface area contributed by atoms with Crippen molar-refractivity contribution in [1.82, 2.24) is 0 Å². The van der Waals surface area contributed by atoms with Crippen LogP contribution in [0, 0.1) is 20.8 Å². The molecule has 34 heavy (non-hydrogen) atoms. The standard InChI is InChI=1S/C30H29NO3/c1-15-7-5-8-19(31)13-23(15)26-16(2)11-12-21-20-9-6-10-22(24(20)14-25(21)26)27-17(3)28(32)30(34)29(33)18(27)4/h5-6,8-13,32-34H,7,14,31H2,1-4H3. The third-order valence-corrected chi connectivity index (χ3v) is 7.29. The quantitative estimate of drug-likeness (QED) is 0.261. The number of rotatable bonds is 2. The summed E-state index contributed by atoms with van der Waals surface area (Å²) in [7, 11) is 0. The average molecular weight is 452 g/mol. The molecule has 0 aliphatic heterocycles. The first-order valence-electron chi connectivity index (χ1n) is 11.5. The van der Waals surface area contributed by atoms with Crippen LogP contribution in [0.1, 0.15) is 46.7 Å². The summed E-state index contributed by atoms with van der Waals surface area (Å²) in [5.74, 6) is -1.04. The van der Waals surface area contributed by atoms with Crippen LogP contribution in [0.4, 0.5) is 0 Å². The minimum absolute atomic E-state index is 0.282. The molecule has 0 aromatic heterocycles. The Kier molecular flexibility index (Phi) is 5.05. The van der Waals surface area contributed by atoms with Crippen molar-refractivity contribution in [2.45, 2.75) is 40.5 Å². The smallest absolute Gasteiger partial charge is 0.200 e. The fraction of sp³-hybridized carbons (Fsp3) is 0.200. The molecule has 0 unspecified atom stereocenters. The molecule has 0 saturated heterocycles. The van der Waals surface area contributed by atoms with E-state index in [1.807, 2.05) is 18.2 Å². The lowest BCUT2D eigenvalue weighted by Gasteiger charge is -2.18. The van der Waals surface area contributed by atoms with E-state index in [9.17, 15) is 15.3 Å². The lowest BCUT2D eigenvalue weighted by atomic mass is 9.88. The zero-order valence-electron chi connectivity index (χ0n) is 20.0. The predicted octanol–water partition coefficient (Wildman–Crippen LogP) is 6.54. The van der Waals surface area contributed by atoms with Crippen molar-refractivity contribution in [2.75, 3.05) is 0 Å². The van der Waals surface area contributed by atoms with E-state index < -0.39 is 5.75 Å². The Morgan fingerprint density at radius 1 is 0.735 bits per heavy atom. The highest BCUT2D eigenvalue weighted by Crippen LogP contribution is 2.51. The average Bonchev–Trinajstić information content (AvgIpc) is 3.11. The minimum Gasteiger partial charge on any atom is -0.504 e. The molecule has 0 bridgehead atoms. The highest BCUT2D eigenvalue weighted by atomic mass is 16.3. The summed E-state index contributed by atoms with van der Waals surface area (Å²) in [5.41, 5.74) is 19.5. The highest BCUT2D eigenvalue weighted by molar-refractivity contribution is 5.93. The number of aryl methyl sites for hydroxylation is 1. The first-order valence-corrected chi connectivity index (χ1v) is 11.5. The topological polar surface area (TPSA) is 86.7 Å². The van der Waals surface area contributed by atoms with Crippen LogP contribution in [0.15, 0.2) is 59.8 Å². The van der Waals surface area contributed by atoms with Crippen LogP contribution in [-0.4, -0.2) is 15.3 Å². The van der Waals surface area contributed by atoms with Crippen LogP contribution in [0.3, 0.4) is 0 Å². The van der Waals surface area contributed by atoms with Gasteiger partial charge in [0.05, 0.1) is 0 Å². The number of fused-ring (bicyclic) bond motifs is 3. The van der Waals surface area contributed by atoms with Gasteiger partial charge in [-0.05, 0) is 103 Å². The van der Waals surface area contributed by atoms with Crippen molar-refractivity contribution in [1.29, 1.82) is 0 Å². The fourth-order valence-corrected chi connectivity index (χ4v) is 5.51. The van der Waals surface area contributed by atoms with Crippen LogP contribution < -0.4 is 5.73 Å². The lowest BCUT2D eigenvalue weighted by Crippen LogP contribution is -2.00. The Morgan fingerprint density at radius 2 is 1.38 bits per heavy atom. The molecule has 0 saturated carbocycles. The fourth-order valence-electron chi connectivity index (χ4n) is 5.51. The zero-order chi connectivity index (χ0) is 24.3. The molecule has 0 spiro atoms. The maximum Gasteiger partial charge on any atom is 0.200 e. The third kappa shape index (κ3) is 3.13. The molecule has 4 heteroatoms. The monoisotopic (exact) mass is 451 g/mol. The van der Waals surface area contributed by atoms with Crippen LogP contribution in [0.25, 0.3) is 27.8 Å². The summed E-state index contributed by atoms with van der Waals surface area (Å²) in [5, 5.41) is 31.1. The second-order valence-corrected chi connectivity index (χ2v) is 9.41. The molecule has 2 aliphatic carbocycles. The summed E-state index contributed by atoms with van der Waals surface area (Å²) in [6.07, 6.45) is 7.75. The van der Waals surface area contributed by atoms with Gasteiger partial charge in [0.1, 0.15) is 0 Å². The summed E-state index contributed by atoms with van der Waals surface area (Å²) in [4.78, 5) is 0. The number of hydrogen-bond donors (Lipinski definition) is 4. The summed E-state index contributed by atoms with van der Waals surface area (Å²) in [6, 6.07) is 10.5. The maximum absolute atomic E-state index is 10.5. The van der Waals surface area contributed by atoms with Gasteiger partial charge in [0.15, 0.2) is 11.5 Å². The lowest BCUT2D eigenvalue weighted by molar-refractivity contribution is 0.364. The van der Waals surface area contributed by atoms with Gasteiger partial charge in [-0.3, -0.25) is 0 Å². The summed E-state index contributed by atoms with van der Waals surface area (Å²) in [6.45, 7) is 7.85. The van der Waals surface area contributed by atoms with Gasteiger partial charge >= 0.3 is 0 Å². The Labute approximate surface area is 200 Å². The molecule has 5 N–H and O–H groups in total. The van der Waals surface area contributed by atoms with Crippen LogP contribution in [0.2, 0.25) is 0 Å². The molecule has 0 radical (unpaired) electrons. The van der Waals surface area contributed by atoms with E-state index in [1.54, 1.807) is 13.8 Å². The van der Waals surface area contributed by atoms with E-state index in [-0.39, 0.29) is 11.5 Å². The van der Waals surface area contributed by atoms with E-state index >= 15 is 0 Å². The zero-order valence-corrected chi connectivity index (χ0v) is 20.0. The van der Waals surface area contributed by atoms with Gasteiger partial charge in [-0.15, -0.1) is 0 Å². The maximum atomic E-state index is 10.5. The van der Waals surface area contributed by atoms with Gasteiger partial charge in [0, 0.05) is 16.8 Å². The van der Waals surface area contributed by atoms with Crippen molar-refractivity contribution in [3.8, 4) is 39.5 Å². The molecule has 3 aromatic rings. The van der Waals surface area contributed by atoms with Crippen molar-refractivity contribution in [3.63, 3.8) is 0 Å². The molecule has 3 aromatic carbocycles. The molecule has 172 valence electrons. The molecule has 4 nitrogen and oxygen atoms in total. The Bertz CT molecular complexity index is 1440. The number of hydrogen-bond acceptors (Lipinski definition) is 4. The Hall–Kier alpha value is -3.92. The van der Waals surface area contributed by atoms with Crippen molar-refractivity contribution in [2.24, 2.45) is 5.73 Å². The summed E-state index contributed by atoms with van der Waals surface area (Å²) >= 11 is 0. The molecule has 0 atom stereocenters. The second kappa shape index (κ2) is 7.84. The SMILES string of the molecule is CC1=C(c2c(C)ccc3c2Cc2c-3cccc2-c2c(C)c(O)c(O)c(O)c2C)C=C(N)C=CC1. The van der Waals surface area contributed by atoms with E-state index in [0.717, 1.165) is 40.8 Å². The minimum atomic E-state index is -0.471. The predicted molar refractivity (Wildman–Crippen MR) is 138 cm³/mol. The van der Waals surface area contributed by atoms with E-state index in [4.69, 9.17) is 5.73 Å². The van der Waals surface area contributed by atoms with E-state index in [0.29, 0.717) is 11.1 Å². The molecule has 5 rings (SSSR count). The van der Waals surface area contributed by atoms with Crippen LogP contribution in [-0.2, 0) is 6.42 Å². The number of phenols is 3. The van der Waals surface area contributed by atoms with Gasteiger partial charge in [0.25, 0.3) is 0 Å². The number of benzene rings is 3. The van der Waals surface area contributed by atoms with Crippen LogP contribution >= 0.6 is 0 Å². The van der Waals surface area contributed by atoms with Gasteiger partial charge in [-0.25, -0.2) is 0 Å². The largest absolute Gasteiger partial charge is 0.504 e. The number of aromatic hydroxyl groups is 3. The van der Waals surface area contributed by atoms with Crippen molar-refractivity contribution in [3.05, 3.63) is 93.2 Å². The van der Waals surface area contributed by atoms with Gasteiger partial charge in [-0.2, -0.15) is 0 Å². The molecular weight excluding hydrogens is 422 g/mol. The number of allylic oxidation sites excluding steroid dienone is 5. The highest BCUT2D eigenvalue weighted by Gasteiger charge is 2.29. The normalized spacial score (nSPS) is 14.6. The Morgan fingerprint density at radius 3 is 2.09 bits per heavy atom. The number of nitrogens with two attached hydrogens (primary N) is 1. The van der Waals surface area contributed by atoms with Gasteiger partial charge in [0.2, 0.25) is 5.75 Å². The van der Waals surface area contributed by atoms with Gasteiger partial charge in [-0.1, -0.05) is 42.0 Å². The van der Waals surface area contributed by atoms with E-state index in [1.165, 1.54) is 33.4 Å². The van der Waals surface area contributed by atoms with Crippen LogP contribution in [0.5, 0.6) is 17.2 Å². The molecular formula is C30H29NO3. The van der Waals surface area contributed by atoms with Gasteiger partial charge < -0.3 is 21.1 Å². The first kappa shape index (κ1) is 21.9. The molecule has 0 fully saturated rings. The van der Waals surface area contributed by atoms with E-state index in [2.05, 4.69) is 44.2 Å². The second-order valence-electron chi connectivity index (χ2n) is 9.41. The van der Waals surface area contributed by atoms with Crippen molar-refractivity contribution < 1.29 is 15.3 Å². The summed E-state index contributed by atoms with van der Waals surface area (Å²) < 4.78 is 0. The first-order chi connectivity index (χ1) is 16.2. The molecule has 0 amide bonds.